The van der Waals surface area contributed by atoms with Crippen molar-refractivity contribution in [2.45, 2.75) is 6.92 Å². The number of halogens is 1. The topological polar surface area (TPSA) is 0 Å². The lowest BCUT2D eigenvalue weighted by molar-refractivity contribution is 1.44. The molecule has 11 heavy (non-hydrogen) atoms. The van der Waals surface area contributed by atoms with Crippen molar-refractivity contribution in [1.82, 2.24) is 0 Å². The lowest BCUT2D eigenvalue weighted by Crippen LogP contribution is -1.79. The van der Waals surface area contributed by atoms with Crippen LogP contribution in [0.3, 0.4) is 0 Å². The van der Waals surface area contributed by atoms with Crippen LogP contribution in [0.5, 0.6) is 0 Å². The van der Waals surface area contributed by atoms with Gasteiger partial charge in [0.1, 0.15) is 0 Å². The highest BCUT2D eigenvalue weighted by Gasteiger charge is 2.11. The van der Waals surface area contributed by atoms with Gasteiger partial charge in [0.15, 0.2) is 0 Å². The van der Waals surface area contributed by atoms with Crippen molar-refractivity contribution in [2.24, 2.45) is 0 Å². The summed E-state index contributed by atoms with van der Waals surface area (Å²) in [4.78, 5) is 0. The van der Waals surface area contributed by atoms with Crippen LogP contribution in [-0.2, 0) is 0 Å². The average molecular weight is 207 g/mol. The van der Waals surface area contributed by atoms with Crippen molar-refractivity contribution >= 4 is 22.0 Å². The van der Waals surface area contributed by atoms with E-state index in [1.54, 1.807) is 0 Å². The quantitative estimate of drug-likeness (QED) is 0.612. The van der Waals surface area contributed by atoms with E-state index in [1.807, 2.05) is 6.07 Å². The summed E-state index contributed by atoms with van der Waals surface area (Å²) in [5.41, 5.74) is 3.65. The fourth-order valence-electron chi connectivity index (χ4n) is 1.26. The fraction of sp³-hybridized carbons (Fsp3) is 0.100. The first kappa shape index (κ1) is 7.11. The van der Waals surface area contributed by atoms with Crippen molar-refractivity contribution < 1.29 is 0 Å². The molecule has 0 heterocycles. The smallest absolute Gasteiger partial charge is 0.0461 e. The van der Waals surface area contributed by atoms with Crippen LogP contribution in [0.1, 0.15) is 18.1 Å². The fourth-order valence-corrected chi connectivity index (χ4v) is 1.74. The molecular weight excluding hydrogens is 200 g/mol. The van der Waals surface area contributed by atoms with E-state index in [2.05, 4.69) is 47.5 Å². The van der Waals surface area contributed by atoms with Crippen molar-refractivity contribution in [2.75, 3.05) is 0 Å². The Labute approximate surface area is 75.1 Å². The Morgan fingerprint density at radius 2 is 2.18 bits per heavy atom. The zero-order chi connectivity index (χ0) is 7.84. The van der Waals surface area contributed by atoms with Gasteiger partial charge >= 0.3 is 0 Å². The summed E-state index contributed by atoms with van der Waals surface area (Å²) in [5, 5.41) is 0. The van der Waals surface area contributed by atoms with E-state index >= 15 is 0 Å². The Morgan fingerprint density at radius 1 is 1.36 bits per heavy atom. The SMILES string of the molecule is CC1=Cc2c(Br)cccc2[C]1. The van der Waals surface area contributed by atoms with Gasteiger partial charge in [-0.15, -0.1) is 0 Å². The van der Waals surface area contributed by atoms with Gasteiger partial charge in [-0.25, -0.2) is 0 Å². The number of benzene rings is 1. The summed E-state index contributed by atoms with van der Waals surface area (Å²) < 4.78 is 1.15. The lowest BCUT2D eigenvalue weighted by atomic mass is 10.1. The molecule has 1 aromatic carbocycles. The third-order valence-corrected chi connectivity index (χ3v) is 2.44. The molecule has 0 N–H and O–H groups in total. The lowest BCUT2D eigenvalue weighted by Gasteiger charge is -1.98. The summed E-state index contributed by atoms with van der Waals surface area (Å²) in [6.07, 6.45) is 5.41. The second-order valence-electron chi connectivity index (χ2n) is 2.65. The highest BCUT2D eigenvalue weighted by atomic mass is 79.9. The Kier molecular flexibility index (Phi) is 1.61. The van der Waals surface area contributed by atoms with Gasteiger partial charge < -0.3 is 0 Å². The molecule has 0 bridgehead atoms. The predicted molar refractivity (Wildman–Crippen MR) is 50.1 cm³/mol. The van der Waals surface area contributed by atoms with Gasteiger partial charge in [-0.3, -0.25) is 0 Å². The number of hydrogen-bond acceptors (Lipinski definition) is 0. The molecule has 0 aliphatic heterocycles. The van der Waals surface area contributed by atoms with Crippen molar-refractivity contribution in [1.29, 1.82) is 0 Å². The minimum Gasteiger partial charge on any atom is -0.0608 e. The second kappa shape index (κ2) is 2.49. The van der Waals surface area contributed by atoms with E-state index in [4.69, 9.17) is 0 Å². The Bertz CT molecular complexity index is 324. The third kappa shape index (κ3) is 1.14. The maximum absolute atomic E-state index is 3.49. The van der Waals surface area contributed by atoms with Gasteiger partial charge in [-0.2, -0.15) is 0 Å². The molecule has 2 radical (unpaired) electrons. The van der Waals surface area contributed by atoms with E-state index < -0.39 is 0 Å². The third-order valence-electron chi connectivity index (χ3n) is 1.75. The van der Waals surface area contributed by atoms with E-state index in [0.717, 1.165) is 4.47 Å². The van der Waals surface area contributed by atoms with Crippen molar-refractivity contribution in [3.8, 4) is 0 Å². The molecule has 1 heteroatoms. The summed E-state index contributed by atoms with van der Waals surface area (Å²) in [6.45, 7) is 2.06. The molecule has 0 aromatic heterocycles. The Balaban J connectivity index is 2.61. The van der Waals surface area contributed by atoms with Gasteiger partial charge in [0.25, 0.3) is 0 Å². The van der Waals surface area contributed by atoms with Crippen LogP contribution < -0.4 is 0 Å². The largest absolute Gasteiger partial charge is 0.0608 e. The minimum absolute atomic E-state index is 1.15. The first-order valence-electron chi connectivity index (χ1n) is 3.51. The standard InChI is InChI=1S/C10H7Br/c1-7-5-8-3-2-4-10(11)9(8)6-7/h2-4,6H,1H3. The molecule has 54 valence electrons. The molecule has 0 saturated carbocycles. The first-order chi connectivity index (χ1) is 5.27. The maximum Gasteiger partial charge on any atom is 0.0461 e. The number of fused-ring (bicyclic) bond motifs is 1. The monoisotopic (exact) mass is 206 g/mol. The van der Waals surface area contributed by atoms with Crippen LogP contribution >= 0.6 is 15.9 Å². The van der Waals surface area contributed by atoms with Crippen LogP contribution in [-0.4, -0.2) is 0 Å². The highest BCUT2D eigenvalue weighted by Crippen LogP contribution is 2.31. The van der Waals surface area contributed by atoms with Crippen LogP contribution in [0.4, 0.5) is 0 Å². The molecule has 1 aromatic rings. The molecule has 1 aliphatic carbocycles. The first-order valence-corrected chi connectivity index (χ1v) is 4.30. The maximum atomic E-state index is 3.49. The predicted octanol–water partition coefficient (Wildman–Crippen LogP) is 3.30. The molecular formula is C10H7Br. The molecule has 0 saturated heterocycles. The van der Waals surface area contributed by atoms with E-state index in [9.17, 15) is 0 Å². The van der Waals surface area contributed by atoms with Crippen molar-refractivity contribution in [3.05, 3.63) is 45.8 Å². The van der Waals surface area contributed by atoms with Gasteiger partial charge in [0.2, 0.25) is 0 Å². The Hall–Kier alpha value is -0.560. The van der Waals surface area contributed by atoms with E-state index in [-0.39, 0.29) is 0 Å². The zero-order valence-corrected chi connectivity index (χ0v) is 7.77. The van der Waals surface area contributed by atoms with Gasteiger partial charge in [0.05, 0.1) is 0 Å². The molecule has 1 aliphatic rings. The van der Waals surface area contributed by atoms with Crippen molar-refractivity contribution in [3.63, 3.8) is 0 Å². The van der Waals surface area contributed by atoms with Crippen LogP contribution in [0.15, 0.2) is 28.2 Å². The molecule has 2 rings (SSSR count). The molecule has 0 nitrogen and oxygen atoms in total. The van der Waals surface area contributed by atoms with Gasteiger partial charge in [0, 0.05) is 10.9 Å². The summed E-state index contributed by atoms with van der Waals surface area (Å²) >= 11 is 3.49. The van der Waals surface area contributed by atoms with Crippen LogP contribution in [0.2, 0.25) is 0 Å². The zero-order valence-electron chi connectivity index (χ0n) is 6.19. The molecule has 0 amide bonds. The highest BCUT2D eigenvalue weighted by molar-refractivity contribution is 9.10. The van der Waals surface area contributed by atoms with E-state index in [0.29, 0.717) is 0 Å². The normalized spacial score (nSPS) is 14.5. The molecule has 0 spiro atoms. The van der Waals surface area contributed by atoms with Gasteiger partial charge in [-0.05, 0) is 24.1 Å². The van der Waals surface area contributed by atoms with Crippen LogP contribution in [0.25, 0.3) is 6.08 Å². The summed E-state index contributed by atoms with van der Waals surface area (Å²) in [5.74, 6) is 0. The van der Waals surface area contributed by atoms with Gasteiger partial charge in [-0.1, -0.05) is 39.7 Å². The summed E-state index contributed by atoms with van der Waals surface area (Å²) in [6, 6.07) is 6.16. The molecule has 0 fully saturated rings. The van der Waals surface area contributed by atoms with E-state index in [1.165, 1.54) is 16.7 Å². The Morgan fingerprint density at radius 3 is 2.91 bits per heavy atom. The number of hydrogen-bond donors (Lipinski definition) is 0. The van der Waals surface area contributed by atoms with Crippen LogP contribution in [0, 0.1) is 6.42 Å². The molecule has 0 atom stereocenters. The molecule has 0 unspecified atom stereocenters. The number of rotatable bonds is 0. The number of allylic oxidation sites excluding steroid dienone is 1. The minimum atomic E-state index is 1.15. The summed E-state index contributed by atoms with van der Waals surface area (Å²) in [7, 11) is 0. The average Bonchev–Trinajstić information content (AvgIpc) is 2.31. The second-order valence-corrected chi connectivity index (χ2v) is 3.51.